The van der Waals surface area contributed by atoms with Crippen LogP contribution in [0.2, 0.25) is 0 Å². The third-order valence-corrected chi connectivity index (χ3v) is 3.46. The van der Waals surface area contributed by atoms with Crippen molar-refractivity contribution < 1.29 is 4.74 Å². The van der Waals surface area contributed by atoms with Gasteiger partial charge in [0.15, 0.2) is 0 Å². The van der Waals surface area contributed by atoms with Crippen molar-refractivity contribution in [2.75, 3.05) is 7.11 Å². The summed E-state index contributed by atoms with van der Waals surface area (Å²) in [6.45, 7) is 0. The van der Waals surface area contributed by atoms with E-state index in [1.807, 2.05) is 0 Å². The Kier molecular flexibility index (Phi) is 1.43. The predicted octanol–water partition coefficient (Wildman–Crippen LogP) is 1.72. The standard InChI is InChI=1S/C9H13NO/c1-11-9-4-2-7(3-5-9)8(9)6-10/h7-8H,2-5H2,1H3. The summed E-state index contributed by atoms with van der Waals surface area (Å²) in [6, 6.07) is 2.39. The molecule has 0 aliphatic heterocycles. The third kappa shape index (κ3) is 0.750. The van der Waals surface area contributed by atoms with Crippen LogP contribution in [-0.2, 0) is 4.74 Å². The second-order valence-electron chi connectivity index (χ2n) is 3.71. The highest BCUT2D eigenvalue weighted by molar-refractivity contribution is 5.12. The quantitative estimate of drug-likeness (QED) is 0.571. The minimum absolute atomic E-state index is 0.0422. The van der Waals surface area contributed by atoms with Crippen LogP contribution in [0.3, 0.4) is 0 Å². The highest BCUT2D eigenvalue weighted by Gasteiger charge is 2.54. The summed E-state index contributed by atoms with van der Waals surface area (Å²) in [5, 5.41) is 8.91. The average Bonchev–Trinajstić information content (AvgIpc) is 2.58. The lowest BCUT2D eigenvalue weighted by atomic mass is 9.94. The minimum Gasteiger partial charge on any atom is -0.377 e. The smallest absolute Gasteiger partial charge is 0.0839 e. The van der Waals surface area contributed by atoms with Gasteiger partial charge in [0.25, 0.3) is 0 Å². The number of hydrogen-bond acceptors (Lipinski definition) is 2. The molecule has 2 bridgehead atoms. The summed E-state index contributed by atoms with van der Waals surface area (Å²) in [7, 11) is 1.75. The molecule has 0 N–H and O–H groups in total. The van der Waals surface area contributed by atoms with Crippen molar-refractivity contribution >= 4 is 0 Å². The molecule has 60 valence electrons. The van der Waals surface area contributed by atoms with E-state index in [1.54, 1.807) is 7.11 Å². The Morgan fingerprint density at radius 2 is 2.09 bits per heavy atom. The maximum atomic E-state index is 8.91. The fourth-order valence-electron chi connectivity index (χ4n) is 2.76. The first-order valence-corrected chi connectivity index (χ1v) is 4.27. The predicted molar refractivity (Wildman–Crippen MR) is 40.8 cm³/mol. The van der Waals surface area contributed by atoms with Crippen LogP contribution in [0.1, 0.15) is 25.7 Å². The summed E-state index contributed by atoms with van der Waals surface area (Å²) >= 11 is 0. The van der Waals surface area contributed by atoms with Gasteiger partial charge < -0.3 is 4.74 Å². The molecule has 2 heteroatoms. The lowest BCUT2D eigenvalue weighted by molar-refractivity contribution is -0.0183. The SMILES string of the molecule is COC12CCC(CC1)C2C#N. The summed E-state index contributed by atoms with van der Waals surface area (Å²) in [5.41, 5.74) is -0.0422. The molecule has 0 radical (unpaired) electrons. The van der Waals surface area contributed by atoms with Crippen LogP contribution < -0.4 is 0 Å². The van der Waals surface area contributed by atoms with Gasteiger partial charge in [0.05, 0.1) is 17.6 Å². The van der Waals surface area contributed by atoms with Crippen molar-refractivity contribution in [3.05, 3.63) is 0 Å². The van der Waals surface area contributed by atoms with Crippen LogP contribution in [-0.4, -0.2) is 12.7 Å². The summed E-state index contributed by atoms with van der Waals surface area (Å²) < 4.78 is 5.47. The Morgan fingerprint density at radius 3 is 2.45 bits per heavy atom. The number of nitriles is 1. The molecule has 2 saturated carbocycles. The molecule has 0 spiro atoms. The maximum absolute atomic E-state index is 8.91. The summed E-state index contributed by atoms with van der Waals surface area (Å²) in [6.07, 6.45) is 4.61. The monoisotopic (exact) mass is 151 g/mol. The van der Waals surface area contributed by atoms with Crippen molar-refractivity contribution in [2.45, 2.75) is 31.3 Å². The van der Waals surface area contributed by atoms with E-state index < -0.39 is 0 Å². The van der Waals surface area contributed by atoms with Gasteiger partial charge in [0, 0.05) is 7.11 Å². The number of nitrogens with zero attached hydrogens (tertiary/aromatic N) is 1. The maximum Gasteiger partial charge on any atom is 0.0839 e. The molecular formula is C9H13NO. The van der Waals surface area contributed by atoms with Crippen LogP contribution in [0.25, 0.3) is 0 Å². The summed E-state index contributed by atoms with van der Waals surface area (Å²) in [4.78, 5) is 0. The normalized spacial score (nSPS) is 47.6. The molecule has 2 fully saturated rings. The van der Waals surface area contributed by atoms with E-state index in [2.05, 4.69) is 6.07 Å². The molecule has 0 saturated heterocycles. The molecule has 1 atom stereocenters. The van der Waals surface area contributed by atoms with Crippen molar-refractivity contribution in [1.29, 1.82) is 5.26 Å². The van der Waals surface area contributed by atoms with Crippen LogP contribution in [0.15, 0.2) is 0 Å². The molecule has 0 heterocycles. The van der Waals surface area contributed by atoms with E-state index in [4.69, 9.17) is 10.00 Å². The van der Waals surface area contributed by atoms with Gasteiger partial charge in [-0.25, -0.2) is 0 Å². The third-order valence-electron chi connectivity index (χ3n) is 3.46. The fraction of sp³-hybridized carbons (Fsp3) is 0.889. The number of fused-ring (bicyclic) bond motifs is 2. The van der Waals surface area contributed by atoms with Gasteiger partial charge in [-0.2, -0.15) is 5.26 Å². The van der Waals surface area contributed by atoms with Gasteiger partial charge >= 0.3 is 0 Å². The molecule has 2 aliphatic carbocycles. The Bertz CT molecular complexity index is 198. The minimum atomic E-state index is -0.0422. The van der Waals surface area contributed by atoms with Gasteiger partial charge in [0.1, 0.15) is 0 Å². The second-order valence-corrected chi connectivity index (χ2v) is 3.71. The average molecular weight is 151 g/mol. The van der Waals surface area contributed by atoms with E-state index in [-0.39, 0.29) is 11.5 Å². The van der Waals surface area contributed by atoms with Gasteiger partial charge in [-0.3, -0.25) is 0 Å². The zero-order valence-electron chi connectivity index (χ0n) is 6.84. The molecule has 2 rings (SSSR count). The first-order valence-electron chi connectivity index (χ1n) is 4.27. The van der Waals surface area contributed by atoms with Crippen LogP contribution in [0.5, 0.6) is 0 Å². The van der Waals surface area contributed by atoms with E-state index >= 15 is 0 Å². The molecule has 2 aliphatic rings. The van der Waals surface area contributed by atoms with E-state index in [1.165, 1.54) is 12.8 Å². The van der Waals surface area contributed by atoms with Crippen molar-refractivity contribution in [1.82, 2.24) is 0 Å². The number of methoxy groups -OCH3 is 1. The first-order chi connectivity index (χ1) is 5.32. The second kappa shape index (κ2) is 2.22. The fourth-order valence-corrected chi connectivity index (χ4v) is 2.76. The van der Waals surface area contributed by atoms with E-state index in [0.717, 1.165) is 12.8 Å². The topological polar surface area (TPSA) is 33.0 Å². The van der Waals surface area contributed by atoms with Gasteiger partial charge in [0.2, 0.25) is 0 Å². The van der Waals surface area contributed by atoms with Crippen molar-refractivity contribution in [3.63, 3.8) is 0 Å². The molecule has 2 nitrogen and oxygen atoms in total. The first kappa shape index (κ1) is 7.12. The van der Waals surface area contributed by atoms with Crippen LogP contribution in [0.4, 0.5) is 0 Å². The van der Waals surface area contributed by atoms with Gasteiger partial charge in [-0.05, 0) is 31.6 Å². The number of ether oxygens (including phenoxy) is 1. The lowest BCUT2D eigenvalue weighted by Crippen LogP contribution is -2.31. The molecular weight excluding hydrogens is 138 g/mol. The van der Waals surface area contributed by atoms with E-state index in [0.29, 0.717) is 5.92 Å². The Morgan fingerprint density at radius 1 is 1.45 bits per heavy atom. The van der Waals surface area contributed by atoms with Crippen LogP contribution >= 0.6 is 0 Å². The Hall–Kier alpha value is -0.550. The molecule has 11 heavy (non-hydrogen) atoms. The molecule has 0 amide bonds. The number of hydrogen-bond donors (Lipinski definition) is 0. The zero-order valence-corrected chi connectivity index (χ0v) is 6.84. The van der Waals surface area contributed by atoms with Gasteiger partial charge in [-0.1, -0.05) is 0 Å². The zero-order chi connectivity index (χ0) is 7.90. The van der Waals surface area contributed by atoms with Crippen molar-refractivity contribution in [3.8, 4) is 6.07 Å². The highest BCUT2D eigenvalue weighted by Crippen LogP contribution is 2.53. The number of rotatable bonds is 1. The van der Waals surface area contributed by atoms with Gasteiger partial charge in [-0.15, -0.1) is 0 Å². The lowest BCUT2D eigenvalue weighted by Gasteiger charge is -2.26. The highest BCUT2D eigenvalue weighted by atomic mass is 16.5. The van der Waals surface area contributed by atoms with Crippen LogP contribution in [0, 0.1) is 23.2 Å². The molecule has 0 aromatic heterocycles. The summed E-state index contributed by atoms with van der Waals surface area (Å²) in [5.74, 6) is 0.826. The van der Waals surface area contributed by atoms with E-state index in [9.17, 15) is 0 Å². The molecule has 0 aromatic carbocycles. The Labute approximate surface area is 67.2 Å². The largest absolute Gasteiger partial charge is 0.377 e. The van der Waals surface area contributed by atoms with Crippen molar-refractivity contribution in [2.24, 2.45) is 11.8 Å². The Balaban J connectivity index is 2.27. The molecule has 1 unspecified atom stereocenters. The molecule has 0 aromatic rings.